The minimum absolute atomic E-state index is 0.109. The average molecular weight is 1630 g/mol. The Balaban J connectivity index is 5.26. The number of rotatable bonds is 91. The maximum absolute atomic E-state index is 13.2. The molecule has 0 aromatic rings. The van der Waals surface area contributed by atoms with Crippen molar-refractivity contribution in [1.82, 2.24) is 0 Å². The molecule has 0 rings (SSSR count). The van der Waals surface area contributed by atoms with Gasteiger partial charge in [0.2, 0.25) is 0 Å². The molecule has 0 aliphatic rings. The van der Waals surface area contributed by atoms with Gasteiger partial charge in [-0.25, -0.2) is 9.13 Å². The average Bonchev–Trinajstić information content (AvgIpc) is 0.903. The zero-order valence-corrected chi connectivity index (χ0v) is 75.9. The molecule has 0 saturated carbocycles. The number of unbranched alkanes of at least 4 members (excludes halogenated alkanes) is 59. The first-order chi connectivity index (χ1) is 54.2. The molecule has 0 aromatic heterocycles. The zero-order chi connectivity index (χ0) is 82.2. The summed E-state index contributed by atoms with van der Waals surface area (Å²) in [7, 11) is -9.94. The third kappa shape index (κ3) is 85.9. The van der Waals surface area contributed by atoms with Crippen LogP contribution in [0.4, 0.5) is 0 Å². The van der Waals surface area contributed by atoms with Gasteiger partial charge in [-0.1, -0.05) is 447 Å². The first-order valence-electron chi connectivity index (χ1n) is 47.8. The van der Waals surface area contributed by atoms with Crippen LogP contribution in [-0.2, 0) is 65.4 Å². The third-order valence-corrected chi connectivity index (χ3v) is 23.8. The van der Waals surface area contributed by atoms with Crippen molar-refractivity contribution in [3.8, 4) is 0 Å². The standard InChI is InChI=1S/C93H182O17P2/c1-8-9-10-11-12-13-14-29-39-46-53-60-67-74-90(95)103-80-88(109-93(98)77-70-63-56-49-42-35-28-22-20-25-32-38-45-52-59-66-73-86(6)7)82-107-111(99,100)105-78-87(94)79-106-112(101,102)108-83-89(81-104-91(96)75-68-61-54-47-40-33-26-21-19-24-31-37-44-51-58-65-72-85(4)5)110-92(97)76-69-62-55-48-41-34-27-18-16-15-17-23-30-36-43-50-57-64-71-84(2)3/h84-89,94H,8-83H2,1-7H3,(H,99,100)(H,101,102)/t87-,88+,89+/m0/s1. The van der Waals surface area contributed by atoms with Gasteiger partial charge in [0.1, 0.15) is 19.3 Å². The van der Waals surface area contributed by atoms with Gasteiger partial charge in [0.25, 0.3) is 0 Å². The van der Waals surface area contributed by atoms with Crippen LogP contribution in [0.15, 0.2) is 0 Å². The predicted molar refractivity (Wildman–Crippen MR) is 465 cm³/mol. The lowest BCUT2D eigenvalue weighted by Gasteiger charge is -2.21. The van der Waals surface area contributed by atoms with E-state index in [1.165, 1.54) is 308 Å². The lowest BCUT2D eigenvalue weighted by atomic mass is 10.0. The highest BCUT2D eigenvalue weighted by Crippen LogP contribution is 2.45. The molecule has 0 aliphatic heterocycles. The van der Waals surface area contributed by atoms with Gasteiger partial charge >= 0.3 is 39.5 Å². The Morgan fingerprint density at radius 2 is 0.411 bits per heavy atom. The van der Waals surface area contributed by atoms with Crippen LogP contribution in [0.5, 0.6) is 0 Å². The van der Waals surface area contributed by atoms with Crippen molar-refractivity contribution in [2.75, 3.05) is 39.6 Å². The molecule has 5 atom stereocenters. The predicted octanol–water partition coefficient (Wildman–Crippen LogP) is 28.8. The molecule has 0 radical (unpaired) electrons. The van der Waals surface area contributed by atoms with Gasteiger partial charge in [0.15, 0.2) is 12.2 Å². The molecule has 0 saturated heterocycles. The smallest absolute Gasteiger partial charge is 0.462 e. The Morgan fingerprint density at radius 1 is 0.241 bits per heavy atom. The van der Waals surface area contributed by atoms with Gasteiger partial charge in [0, 0.05) is 25.7 Å². The van der Waals surface area contributed by atoms with E-state index in [1.807, 2.05) is 0 Å². The number of hydrogen-bond donors (Lipinski definition) is 3. The Morgan fingerprint density at radius 3 is 0.607 bits per heavy atom. The summed E-state index contributed by atoms with van der Waals surface area (Å²) < 4.78 is 69.2. The normalized spacial score (nSPS) is 13.8. The number of aliphatic hydroxyl groups excluding tert-OH is 1. The van der Waals surface area contributed by atoms with E-state index < -0.39 is 97.5 Å². The number of ether oxygens (including phenoxy) is 4. The molecule has 0 amide bonds. The molecule has 17 nitrogen and oxygen atoms in total. The first kappa shape index (κ1) is 110. The van der Waals surface area contributed by atoms with Crippen LogP contribution in [0.2, 0.25) is 0 Å². The van der Waals surface area contributed by atoms with E-state index in [0.29, 0.717) is 25.7 Å². The van der Waals surface area contributed by atoms with Crippen molar-refractivity contribution in [2.24, 2.45) is 17.8 Å². The van der Waals surface area contributed by atoms with Crippen molar-refractivity contribution < 1.29 is 80.2 Å². The molecule has 0 aromatic carbocycles. The summed E-state index contributed by atoms with van der Waals surface area (Å²) >= 11 is 0. The second kappa shape index (κ2) is 82.7. The monoisotopic (exact) mass is 1630 g/mol. The van der Waals surface area contributed by atoms with Gasteiger partial charge in [-0.3, -0.25) is 37.3 Å². The Hall–Kier alpha value is -1.94. The van der Waals surface area contributed by atoms with Crippen LogP contribution in [0.25, 0.3) is 0 Å². The second-order valence-corrected chi connectivity index (χ2v) is 37.7. The summed E-state index contributed by atoms with van der Waals surface area (Å²) in [6.07, 6.45) is 76.3. The number of hydrogen-bond acceptors (Lipinski definition) is 15. The number of phosphoric ester groups is 2. The van der Waals surface area contributed by atoms with E-state index in [9.17, 15) is 43.2 Å². The van der Waals surface area contributed by atoms with E-state index in [-0.39, 0.29) is 25.7 Å². The molecule has 2 unspecified atom stereocenters. The summed E-state index contributed by atoms with van der Waals surface area (Å²) in [4.78, 5) is 73.5. The fraction of sp³-hybridized carbons (Fsp3) is 0.957. The quantitative estimate of drug-likeness (QED) is 0.0222. The van der Waals surface area contributed by atoms with Crippen molar-refractivity contribution >= 4 is 39.5 Å². The summed E-state index contributed by atoms with van der Waals surface area (Å²) in [5, 5.41) is 10.7. The number of phosphoric acid groups is 2. The molecule has 0 bridgehead atoms. The SMILES string of the molecule is CCCCCCCCCCCCCCCC(=O)OC[C@H](COP(=O)(O)OC[C@H](O)COP(=O)(O)OC[C@@H](COC(=O)CCCCCCCCCCCCCCCCCCC(C)C)OC(=O)CCCCCCCCCCCCCCCCCCCCC(C)C)OC(=O)CCCCCCCCCCCCCCCCCCC(C)C. The van der Waals surface area contributed by atoms with E-state index in [1.54, 1.807) is 0 Å². The maximum atomic E-state index is 13.2. The lowest BCUT2D eigenvalue weighted by molar-refractivity contribution is -0.161. The molecule has 0 spiro atoms. The molecule has 112 heavy (non-hydrogen) atoms. The van der Waals surface area contributed by atoms with Crippen LogP contribution >= 0.6 is 15.6 Å². The molecule has 0 heterocycles. The highest BCUT2D eigenvalue weighted by molar-refractivity contribution is 7.47. The van der Waals surface area contributed by atoms with Crippen molar-refractivity contribution in [2.45, 2.75) is 516 Å². The maximum Gasteiger partial charge on any atom is 0.472 e. The number of carbonyl (C=O) groups excluding carboxylic acids is 4. The Bertz CT molecular complexity index is 2150. The molecular weight excluding hydrogens is 1450 g/mol. The number of carbonyl (C=O) groups is 4. The molecular formula is C93H182O17P2. The van der Waals surface area contributed by atoms with Crippen molar-refractivity contribution in [3.63, 3.8) is 0 Å². The summed E-state index contributed by atoms with van der Waals surface area (Å²) in [5.74, 6) is 0.349. The largest absolute Gasteiger partial charge is 0.472 e. The Labute approximate surface area is 689 Å². The Kier molecular flexibility index (Phi) is 81.3. The van der Waals surface area contributed by atoms with Crippen molar-refractivity contribution in [1.29, 1.82) is 0 Å². The zero-order valence-electron chi connectivity index (χ0n) is 74.2. The topological polar surface area (TPSA) is 237 Å². The summed E-state index contributed by atoms with van der Waals surface area (Å²) in [5.41, 5.74) is 0. The van der Waals surface area contributed by atoms with E-state index in [0.717, 1.165) is 108 Å². The number of esters is 4. The van der Waals surface area contributed by atoms with Crippen LogP contribution in [0, 0.1) is 17.8 Å². The highest BCUT2D eigenvalue weighted by Gasteiger charge is 2.31. The van der Waals surface area contributed by atoms with Crippen LogP contribution < -0.4 is 0 Å². The summed E-state index contributed by atoms with van der Waals surface area (Å²) in [6, 6.07) is 0. The molecule has 666 valence electrons. The van der Waals surface area contributed by atoms with E-state index >= 15 is 0 Å². The minimum Gasteiger partial charge on any atom is -0.462 e. The fourth-order valence-corrected chi connectivity index (χ4v) is 16.2. The first-order valence-corrected chi connectivity index (χ1v) is 50.8. The van der Waals surface area contributed by atoms with Crippen LogP contribution in [0.1, 0.15) is 498 Å². The molecule has 19 heteroatoms. The fourth-order valence-electron chi connectivity index (χ4n) is 14.6. The van der Waals surface area contributed by atoms with Gasteiger partial charge in [0.05, 0.1) is 26.4 Å². The summed E-state index contributed by atoms with van der Waals surface area (Å²) in [6.45, 7) is 12.1. The highest BCUT2D eigenvalue weighted by atomic mass is 31.2. The van der Waals surface area contributed by atoms with Gasteiger partial charge in [-0.05, 0) is 43.4 Å². The molecule has 0 aliphatic carbocycles. The van der Waals surface area contributed by atoms with Gasteiger partial charge < -0.3 is 33.8 Å². The molecule has 3 N–H and O–H groups in total. The van der Waals surface area contributed by atoms with Crippen molar-refractivity contribution in [3.05, 3.63) is 0 Å². The van der Waals surface area contributed by atoms with E-state index in [2.05, 4.69) is 48.5 Å². The minimum atomic E-state index is -4.97. The lowest BCUT2D eigenvalue weighted by Crippen LogP contribution is -2.30. The van der Waals surface area contributed by atoms with Crippen LogP contribution in [-0.4, -0.2) is 96.7 Å². The van der Waals surface area contributed by atoms with Gasteiger partial charge in [-0.15, -0.1) is 0 Å². The second-order valence-electron chi connectivity index (χ2n) is 34.8. The van der Waals surface area contributed by atoms with Gasteiger partial charge in [-0.2, -0.15) is 0 Å². The third-order valence-electron chi connectivity index (χ3n) is 21.9. The van der Waals surface area contributed by atoms with E-state index in [4.69, 9.17) is 37.0 Å². The molecule has 0 fully saturated rings. The number of aliphatic hydroxyl groups is 1. The van der Waals surface area contributed by atoms with Crippen LogP contribution in [0.3, 0.4) is 0 Å².